The van der Waals surface area contributed by atoms with Crippen LogP contribution in [0, 0.1) is 0 Å². The minimum Gasteiger partial charge on any atom is -0.496 e. The minimum absolute atomic E-state index is 0.937. The van der Waals surface area contributed by atoms with Gasteiger partial charge in [0, 0.05) is 20.2 Å². The molecule has 6 aromatic rings. The van der Waals surface area contributed by atoms with Crippen LogP contribution in [0.3, 0.4) is 0 Å². The van der Waals surface area contributed by atoms with Crippen molar-refractivity contribution < 1.29 is 4.74 Å². The van der Waals surface area contributed by atoms with E-state index in [1.807, 2.05) is 11.3 Å². The highest BCUT2D eigenvalue weighted by Crippen LogP contribution is 2.39. The monoisotopic (exact) mass is 472 g/mol. The Hall–Kier alpha value is -3.66. The highest BCUT2D eigenvalue weighted by atomic mass is 32.1. The molecule has 0 radical (unpaired) electrons. The van der Waals surface area contributed by atoms with Crippen LogP contribution in [0.4, 0.5) is 0 Å². The molecule has 0 atom stereocenters. The molecule has 164 valence electrons. The molecule has 6 rings (SSSR count). The van der Waals surface area contributed by atoms with Gasteiger partial charge in [-0.15, -0.1) is 11.3 Å². The molecule has 1 heterocycles. The van der Waals surface area contributed by atoms with Crippen molar-refractivity contribution in [3.8, 4) is 5.75 Å². The molecule has 34 heavy (non-hydrogen) atoms. The van der Waals surface area contributed by atoms with E-state index in [2.05, 4.69) is 127 Å². The Kier molecular flexibility index (Phi) is 5.29. The molecule has 0 aliphatic rings. The molecule has 0 aliphatic heterocycles. The Bertz CT molecular complexity index is 1480. The quantitative estimate of drug-likeness (QED) is 0.240. The first-order valence-electron chi connectivity index (χ1n) is 11.5. The fourth-order valence-corrected chi connectivity index (χ4v) is 11.9. The van der Waals surface area contributed by atoms with Crippen molar-refractivity contribution in [2.75, 3.05) is 7.11 Å². The number of fused-ring (bicyclic) bond motifs is 3. The maximum Gasteiger partial charge on any atom is 0.181 e. The molecule has 5 aromatic carbocycles. The van der Waals surface area contributed by atoms with Gasteiger partial charge in [-0.1, -0.05) is 115 Å². The molecule has 0 unspecified atom stereocenters. The van der Waals surface area contributed by atoms with Crippen LogP contribution < -0.4 is 25.5 Å². The number of methoxy groups -OCH3 is 1. The van der Waals surface area contributed by atoms with E-state index in [9.17, 15) is 0 Å². The van der Waals surface area contributed by atoms with Crippen molar-refractivity contribution >= 4 is 60.3 Å². The average Bonchev–Trinajstić information content (AvgIpc) is 3.31. The molecule has 3 heteroatoms. The van der Waals surface area contributed by atoms with Gasteiger partial charge in [-0.2, -0.15) is 0 Å². The summed E-state index contributed by atoms with van der Waals surface area (Å²) in [4.78, 5) is 0. The average molecular weight is 473 g/mol. The van der Waals surface area contributed by atoms with Gasteiger partial charge < -0.3 is 4.74 Å². The molecule has 0 aliphatic carbocycles. The van der Waals surface area contributed by atoms with E-state index in [-0.39, 0.29) is 0 Å². The lowest BCUT2D eigenvalue weighted by Crippen LogP contribution is -2.74. The predicted molar refractivity (Wildman–Crippen MR) is 149 cm³/mol. The van der Waals surface area contributed by atoms with Gasteiger partial charge in [0.15, 0.2) is 8.07 Å². The lowest BCUT2D eigenvalue weighted by molar-refractivity contribution is 0.420. The standard InChI is InChI=1S/C31H24OSSi/c1-32-27-20-12-21-28-30(27)26-19-11-22-29(31(26)33-28)34(23-13-5-2-6-14-23,24-15-7-3-8-16-24)25-17-9-4-10-18-25/h2-22H,1H3. The van der Waals surface area contributed by atoms with Gasteiger partial charge in [-0.05, 0) is 32.9 Å². The van der Waals surface area contributed by atoms with Crippen molar-refractivity contribution in [3.05, 3.63) is 127 Å². The zero-order valence-corrected chi connectivity index (χ0v) is 20.8. The predicted octanol–water partition coefficient (Wildman–Crippen LogP) is 5.44. The van der Waals surface area contributed by atoms with Gasteiger partial charge in [0.05, 0.1) is 7.11 Å². The van der Waals surface area contributed by atoms with Crippen LogP contribution in [0.2, 0.25) is 0 Å². The van der Waals surface area contributed by atoms with E-state index in [1.54, 1.807) is 7.11 Å². The number of thiophene rings is 1. The van der Waals surface area contributed by atoms with E-state index in [0.717, 1.165) is 5.75 Å². The van der Waals surface area contributed by atoms with E-state index in [1.165, 1.54) is 40.9 Å². The van der Waals surface area contributed by atoms with Crippen LogP contribution in [0.1, 0.15) is 0 Å². The maximum atomic E-state index is 5.79. The molecule has 0 saturated heterocycles. The first kappa shape index (κ1) is 20.9. The van der Waals surface area contributed by atoms with Gasteiger partial charge in [-0.3, -0.25) is 0 Å². The molecular formula is C31H24OSSi. The van der Waals surface area contributed by atoms with Crippen molar-refractivity contribution in [3.63, 3.8) is 0 Å². The van der Waals surface area contributed by atoms with Gasteiger partial charge in [0.2, 0.25) is 0 Å². The summed E-state index contributed by atoms with van der Waals surface area (Å²) in [6, 6.07) is 46.5. The Morgan fingerprint density at radius 2 is 1.09 bits per heavy atom. The van der Waals surface area contributed by atoms with Crippen molar-refractivity contribution in [1.29, 1.82) is 0 Å². The summed E-state index contributed by atoms with van der Waals surface area (Å²) in [5.41, 5.74) is 0. The zero-order valence-electron chi connectivity index (χ0n) is 18.9. The molecule has 0 amide bonds. The Labute approximate surface area is 204 Å². The van der Waals surface area contributed by atoms with Gasteiger partial charge in [0.25, 0.3) is 0 Å². The number of ether oxygens (including phenoxy) is 1. The molecule has 1 nitrogen and oxygen atoms in total. The van der Waals surface area contributed by atoms with Gasteiger partial charge in [0.1, 0.15) is 5.75 Å². The number of hydrogen-bond acceptors (Lipinski definition) is 2. The van der Waals surface area contributed by atoms with Crippen LogP contribution in [-0.2, 0) is 0 Å². The largest absolute Gasteiger partial charge is 0.496 e. The van der Waals surface area contributed by atoms with Crippen molar-refractivity contribution in [2.24, 2.45) is 0 Å². The third-order valence-corrected chi connectivity index (χ3v) is 12.9. The summed E-state index contributed by atoms with van der Waals surface area (Å²) in [5, 5.41) is 8.09. The Morgan fingerprint density at radius 3 is 1.62 bits per heavy atom. The highest BCUT2D eigenvalue weighted by molar-refractivity contribution is 7.30. The number of rotatable bonds is 5. The SMILES string of the molecule is COc1cccc2sc3c([Si](c4ccccc4)(c4ccccc4)c4ccccc4)cccc3c12. The highest BCUT2D eigenvalue weighted by Gasteiger charge is 2.42. The van der Waals surface area contributed by atoms with Crippen molar-refractivity contribution in [1.82, 2.24) is 0 Å². The summed E-state index contributed by atoms with van der Waals surface area (Å²) in [6.45, 7) is 0. The van der Waals surface area contributed by atoms with Crippen molar-refractivity contribution in [2.45, 2.75) is 0 Å². The summed E-state index contributed by atoms with van der Waals surface area (Å²) in [5.74, 6) is 0.937. The molecule has 1 aromatic heterocycles. The van der Waals surface area contributed by atoms with E-state index >= 15 is 0 Å². The summed E-state index contributed by atoms with van der Waals surface area (Å²) < 4.78 is 8.41. The maximum absolute atomic E-state index is 5.79. The van der Waals surface area contributed by atoms with Crippen LogP contribution in [0.15, 0.2) is 127 Å². The first-order chi connectivity index (χ1) is 16.8. The van der Waals surface area contributed by atoms with E-state index in [0.29, 0.717) is 0 Å². The third-order valence-electron chi connectivity index (χ3n) is 6.73. The Balaban J connectivity index is 1.82. The summed E-state index contributed by atoms with van der Waals surface area (Å²) in [7, 11) is -0.822. The normalized spacial score (nSPS) is 11.7. The topological polar surface area (TPSA) is 9.23 Å². The third kappa shape index (κ3) is 3.12. The molecule has 0 N–H and O–H groups in total. The number of benzene rings is 5. The van der Waals surface area contributed by atoms with Crippen LogP contribution >= 0.6 is 11.3 Å². The molecule has 0 fully saturated rings. The zero-order chi connectivity index (χ0) is 23.0. The lowest BCUT2D eigenvalue weighted by atomic mass is 10.1. The fraction of sp³-hybridized carbons (Fsp3) is 0.0323. The lowest BCUT2D eigenvalue weighted by Gasteiger charge is -2.34. The second kappa shape index (κ2) is 8.60. The van der Waals surface area contributed by atoms with E-state index < -0.39 is 8.07 Å². The molecular weight excluding hydrogens is 448 g/mol. The van der Waals surface area contributed by atoms with Crippen LogP contribution in [0.5, 0.6) is 5.75 Å². The number of hydrogen-bond donors (Lipinski definition) is 0. The van der Waals surface area contributed by atoms with E-state index in [4.69, 9.17) is 4.74 Å². The fourth-order valence-electron chi connectivity index (χ4n) is 5.31. The molecule has 0 saturated carbocycles. The smallest absolute Gasteiger partial charge is 0.181 e. The molecule has 0 spiro atoms. The van der Waals surface area contributed by atoms with Crippen LogP contribution in [-0.4, -0.2) is 15.2 Å². The summed E-state index contributed by atoms with van der Waals surface area (Å²) >= 11 is 1.88. The summed E-state index contributed by atoms with van der Waals surface area (Å²) in [6.07, 6.45) is 0. The second-order valence-corrected chi connectivity index (χ2v) is 13.3. The van der Waals surface area contributed by atoms with Gasteiger partial charge >= 0.3 is 0 Å². The Morgan fingerprint density at radius 1 is 0.559 bits per heavy atom. The van der Waals surface area contributed by atoms with Gasteiger partial charge in [-0.25, -0.2) is 0 Å². The van der Waals surface area contributed by atoms with Crippen LogP contribution in [0.25, 0.3) is 20.2 Å². The molecule has 0 bridgehead atoms. The first-order valence-corrected chi connectivity index (χ1v) is 14.3. The second-order valence-electron chi connectivity index (χ2n) is 8.47. The minimum atomic E-state index is -2.59.